The minimum Gasteiger partial charge on any atom is -0.478 e. The summed E-state index contributed by atoms with van der Waals surface area (Å²) in [5, 5.41) is 9.90. The molecule has 2 aromatic heterocycles. The van der Waals surface area contributed by atoms with Gasteiger partial charge in [-0.15, -0.1) is 0 Å². The van der Waals surface area contributed by atoms with Crippen LogP contribution in [0.3, 0.4) is 0 Å². The van der Waals surface area contributed by atoms with E-state index in [-0.39, 0.29) is 0 Å². The third-order valence-electron chi connectivity index (χ3n) is 3.46. The van der Waals surface area contributed by atoms with Crippen LogP contribution in [0, 0.1) is 0 Å². The average Bonchev–Trinajstić information content (AvgIpc) is 2.54. The van der Waals surface area contributed by atoms with Gasteiger partial charge in [0, 0.05) is 41.2 Å². The predicted molar refractivity (Wildman–Crippen MR) is 86.3 cm³/mol. The Morgan fingerprint density at radius 2 is 1.86 bits per heavy atom. The second-order valence-corrected chi connectivity index (χ2v) is 5.04. The maximum Gasteiger partial charge on any atom is 0.328 e. The van der Waals surface area contributed by atoms with Crippen molar-refractivity contribution in [2.45, 2.75) is 6.92 Å². The molecular weight excluding hydrogens is 276 g/mol. The quantitative estimate of drug-likeness (QED) is 0.745. The van der Waals surface area contributed by atoms with Gasteiger partial charge in [0.25, 0.3) is 0 Å². The zero-order valence-electron chi connectivity index (χ0n) is 12.0. The predicted octanol–water partition coefficient (Wildman–Crippen LogP) is 3.78. The number of carbonyl (C=O) groups is 1. The molecule has 0 radical (unpaired) electrons. The molecule has 1 N–H and O–H groups in total. The van der Waals surface area contributed by atoms with E-state index in [1.54, 1.807) is 25.5 Å². The summed E-state index contributed by atoms with van der Waals surface area (Å²) in [6.07, 6.45) is 6.40. The monoisotopic (exact) mass is 290 g/mol. The third-order valence-corrected chi connectivity index (χ3v) is 3.46. The van der Waals surface area contributed by atoms with Crippen LogP contribution in [0.5, 0.6) is 0 Å². The van der Waals surface area contributed by atoms with Gasteiger partial charge in [-0.05, 0) is 36.3 Å². The number of fused-ring (bicyclic) bond motifs is 1. The summed E-state index contributed by atoms with van der Waals surface area (Å²) in [7, 11) is 0. The smallest absolute Gasteiger partial charge is 0.328 e. The normalized spacial score (nSPS) is 11.6. The van der Waals surface area contributed by atoms with E-state index >= 15 is 0 Å². The number of hydrogen-bond acceptors (Lipinski definition) is 3. The third kappa shape index (κ3) is 2.86. The Kier molecular flexibility index (Phi) is 3.66. The Morgan fingerprint density at radius 3 is 2.68 bits per heavy atom. The van der Waals surface area contributed by atoms with Crippen LogP contribution in [0.4, 0.5) is 0 Å². The molecule has 0 amide bonds. The van der Waals surface area contributed by atoms with E-state index in [1.165, 1.54) is 6.08 Å². The van der Waals surface area contributed by atoms with Crippen LogP contribution in [0.25, 0.3) is 27.6 Å². The lowest BCUT2D eigenvalue weighted by Crippen LogP contribution is -1.92. The number of carboxylic acids is 1. The molecule has 0 atom stereocenters. The van der Waals surface area contributed by atoms with Crippen molar-refractivity contribution in [3.63, 3.8) is 0 Å². The Balaban J connectivity index is 2.05. The number of hydrogen-bond donors (Lipinski definition) is 1. The zero-order valence-corrected chi connectivity index (χ0v) is 12.0. The zero-order chi connectivity index (χ0) is 15.5. The number of para-hydroxylation sites is 1. The van der Waals surface area contributed by atoms with Gasteiger partial charge in [-0.1, -0.05) is 18.2 Å². The molecule has 3 aromatic rings. The first-order valence-corrected chi connectivity index (χ1v) is 6.85. The summed E-state index contributed by atoms with van der Waals surface area (Å²) in [5.41, 5.74) is 4.26. The first-order chi connectivity index (χ1) is 10.6. The summed E-state index contributed by atoms with van der Waals surface area (Å²) in [5.74, 6) is -0.963. The van der Waals surface area contributed by atoms with Crippen LogP contribution in [-0.2, 0) is 4.79 Å². The van der Waals surface area contributed by atoms with Crippen molar-refractivity contribution >= 4 is 22.4 Å². The molecule has 4 heteroatoms. The van der Waals surface area contributed by atoms with Crippen molar-refractivity contribution in [3.8, 4) is 11.1 Å². The van der Waals surface area contributed by atoms with Crippen molar-refractivity contribution < 1.29 is 9.90 Å². The average molecular weight is 290 g/mol. The second-order valence-electron chi connectivity index (χ2n) is 5.04. The summed E-state index contributed by atoms with van der Waals surface area (Å²) in [6, 6.07) is 11.9. The number of aromatic nitrogens is 2. The molecule has 4 nitrogen and oxygen atoms in total. The fourth-order valence-electron chi connectivity index (χ4n) is 2.31. The maximum atomic E-state index is 10.8. The number of pyridine rings is 2. The molecule has 0 aliphatic heterocycles. The Bertz CT molecular complexity index is 885. The van der Waals surface area contributed by atoms with E-state index in [0.717, 1.165) is 27.6 Å². The van der Waals surface area contributed by atoms with Crippen LogP contribution in [0.1, 0.15) is 12.5 Å². The fraction of sp³-hybridized carbons (Fsp3) is 0.0556. The van der Waals surface area contributed by atoms with E-state index in [0.29, 0.717) is 5.57 Å². The molecule has 1 aromatic carbocycles. The Morgan fingerprint density at radius 1 is 1.09 bits per heavy atom. The number of benzene rings is 1. The summed E-state index contributed by atoms with van der Waals surface area (Å²) < 4.78 is 0. The van der Waals surface area contributed by atoms with Gasteiger partial charge < -0.3 is 5.11 Å². The van der Waals surface area contributed by atoms with E-state index in [2.05, 4.69) is 16.0 Å². The number of rotatable bonds is 3. The molecule has 0 saturated heterocycles. The molecule has 22 heavy (non-hydrogen) atoms. The molecule has 0 unspecified atom stereocenters. The molecule has 2 heterocycles. The molecule has 0 aliphatic rings. The molecule has 0 bridgehead atoms. The molecule has 0 saturated carbocycles. The van der Waals surface area contributed by atoms with Gasteiger partial charge in [0.05, 0.1) is 5.52 Å². The lowest BCUT2D eigenvalue weighted by molar-refractivity contribution is -0.131. The first-order valence-electron chi connectivity index (χ1n) is 6.85. The van der Waals surface area contributed by atoms with Gasteiger partial charge in [-0.2, -0.15) is 0 Å². The maximum absolute atomic E-state index is 10.8. The lowest BCUT2D eigenvalue weighted by atomic mass is 10.0. The first kappa shape index (κ1) is 13.9. The van der Waals surface area contributed by atoms with Crippen LogP contribution in [0.15, 0.2) is 61.1 Å². The molecular formula is C18H14N2O2. The minimum atomic E-state index is -0.963. The molecule has 3 rings (SSSR count). The Hall–Kier alpha value is -3.01. The van der Waals surface area contributed by atoms with Crippen molar-refractivity contribution in [1.82, 2.24) is 9.97 Å². The molecule has 0 aliphatic carbocycles. The van der Waals surface area contributed by atoms with Gasteiger partial charge in [0.1, 0.15) is 0 Å². The number of allylic oxidation sites excluding steroid dienone is 1. The van der Waals surface area contributed by atoms with Gasteiger partial charge in [-0.3, -0.25) is 9.97 Å². The topological polar surface area (TPSA) is 63.1 Å². The SMILES string of the molecule is C/C(=C\C(=O)O)c1cncc(-c2cnc3ccccc3c2)c1. The fourth-order valence-corrected chi connectivity index (χ4v) is 2.31. The number of nitrogens with zero attached hydrogens (tertiary/aromatic N) is 2. The largest absolute Gasteiger partial charge is 0.478 e. The summed E-state index contributed by atoms with van der Waals surface area (Å²) in [6.45, 7) is 1.76. The van der Waals surface area contributed by atoms with E-state index in [4.69, 9.17) is 5.11 Å². The highest BCUT2D eigenvalue weighted by Gasteiger charge is 2.05. The van der Waals surface area contributed by atoms with Crippen LogP contribution in [0.2, 0.25) is 0 Å². The van der Waals surface area contributed by atoms with Crippen LogP contribution in [-0.4, -0.2) is 21.0 Å². The lowest BCUT2D eigenvalue weighted by Gasteiger charge is -2.06. The van der Waals surface area contributed by atoms with Crippen molar-refractivity contribution in [2.24, 2.45) is 0 Å². The standard InChI is InChI=1S/C18H14N2O2/c1-12(6-18(21)22)14-8-15(10-19-9-14)16-7-13-4-2-3-5-17(13)20-11-16/h2-11H,1H3,(H,21,22)/b12-6+. The van der Waals surface area contributed by atoms with E-state index in [9.17, 15) is 4.79 Å². The number of carboxylic acid groups (broad SMARTS) is 1. The van der Waals surface area contributed by atoms with Crippen LogP contribution >= 0.6 is 0 Å². The van der Waals surface area contributed by atoms with Crippen molar-refractivity contribution in [3.05, 3.63) is 66.6 Å². The minimum absolute atomic E-state index is 0.663. The van der Waals surface area contributed by atoms with E-state index < -0.39 is 5.97 Å². The highest BCUT2D eigenvalue weighted by atomic mass is 16.4. The van der Waals surface area contributed by atoms with Crippen LogP contribution < -0.4 is 0 Å². The highest BCUT2D eigenvalue weighted by molar-refractivity contribution is 5.90. The number of aliphatic carboxylic acids is 1. The Labute approximate surface area is 127 Å². The van der Waals surface area contributed by atoms with Crippen molar-refractivity contribution in [2.75, 3.05) is 0 Å². The van der Waals surface area contributed by atoms with Gasteiger partial charge in [0.15, 0.2) is 0 Å². The van der Waals surface area contributed by atoms with Gasteiger partial charge in [-0.25, -0.2) is 4.79 Å². The molecule has 0 fully saturated rings. The summed E-state index contributed by atoms with van der Waals surface area (Å²) in [4.78, 5) is 19.4. The second kappa shape index (κ2) is 5.77. The van der Waals surface area contributed by atoms with Gasteiger partial charge in [0.2, 0.25) is 0 Å². The molecule has 108 valence electrons. The highest BCUT2D eigenvalue weighted by Crippen LogP contribution is 2.24. The molecule has 0 spiro atoms. The van der Waals surface area contributed by atoms with Gasteiger partial charge >= 0.3 is 5.97 Å². The van der Waals surface area contributed by atoms with E-state index in [1.807, 2.05) is 30.3 Å². The summed E-state index contributed by atoms with van der Waals surface area (Å²) >= 11 is 0. The van der Waals surface area contributed by atoms with Crippen molar-refractivity contribution in [1.29, 1.82) is 0 Å².